The fourth-order valence-corrected chi connectivity index (χ4v) is 3.88. The van der Waals surface area contributed by atoms with Crippen LogP contribution in [0.1, 0.15) is 16.8 Å². The summed E-state index contributed by atoms with van der Waals surface area (Å²) in [6, 6.07) is 12.1. The van der Waals surface area contributed by atoms with Gasteiger partial charge in [0.25, 0.3) is 0 Å². The maximum Gasteiger partial charge on any atom is 0.246 e. The number of carbonyl (C=O) groups excluding carboxylic acids is 1. The number of imidazole rings is 1. The fraction of sp³-hybridized carbons (Fsp3) is 0.273. The second-order valence-corrected chi connectivity index (χ2v) is 7.44. The first kappa shape index (κ1) is 18.6. The van der Waals surface area contributed by atoms with Crippen molar-refractivity contribution in [3.05, 3.63) is 70.6 Å². The van der Waals surface area contributed by atoms with Crippen LogP contribution in [0.2, 0.25) is 5.15 Å². The first-order chi connectivity index (χ1) is 13.5. The number of aromatic nitrogens is 2. The Morgan fingerprint density at radius 2 is 1.86 bits per heavy atom. The van der Waals surface area contributed by atoms with Crippen molar-refractivity contribution >= 4 is 34.9 Å². The number of hydrogen-bond acceptors (Lipinski definition) is 3. The van der Waals surface area contributed by atoms with E-state index >= 15 is 0 Å². The first-order valence-corrected chi connectivity index (χ1v) is 9.83. The largest absolute Gasteiger partial charge is 0.368 e. The molecule has 5 nitrogen and oxygen atoms in total. The Hall–Kier alpha value is -2.79. The highest BCUT2D eigenvalue weighted by Gasteiger charge is 2.21. The number of benzene rings is 1. The van der Waals surface area contributed by atoms with E-state index in [2.05, 4.69) is 41.9 Å². The third kappa shape index (κ3) is 3.50. The van der Waals surface area contributed by atoms with Crippen molar-refractivity contribution in [2.24, 2.45) is 0 Å². The lowest BCUT2D eigenvalue weighted by atomic mass is 10.1. The molecule has 1 saturated heterocycles. The molecule has 2 aromatic heterocycles. The molecule has 1 aromatic carbocycles. The maximum absolute atomic E-state index is 12.7. The molecule has 28 heavy (non-hydrogen) atoms. The molecule has 0 aliphatic carbocycles. The van der Waals surface area contributed by atoms with Gasteiger partial charge in [-0.1, -0.05) is 29.8 Å². The summed E-state index contributed by atoms with van der Waals surface area (Å²) < 4.78 is 1.88. The number of hydrogen-bond donors (Lipinski definition) is 0. The van der Waals surface area contributed by atoms with Crippen LogP contribution in [0, 0.1) is 13.8 Å². The predicted octanol–water partition coefficient (Wildman–Crippen LogP) is 3.97. The van der Waals surface area contributed by atoms with Crippen LogP contribution in [0.25, 0.3) is 11.7 Å². The van der Waals surface area contributed by atoms with E-state index in [0.717, 1.165) is 24.4 Å². The number of rotatable bonds is 3. The first-order valence-electron chi connectivity index (χ1n) is 9.45. The van der Waals surface area contributed by atoms with Gasteiger partial charge in [-0.3, -0.25) is 9.20 Å². The molecular formula is C22H23ClN4O. The molecular weight excluding hydrogens is 372 g/mol. The molecule has 0 bridgehead atoms. The number of carbonyl (C=O) groups is 1. The smallest absolute Gasteiger partial charge is 0.246 e. The Morgan fingerprint density at radius 1 is 1.07 bits per heavy atom. The van der Waals surface area contributed by atoms with Gasteiger partial charge in [-0.05, 0) is 49.2 Å². The molecule has 4 rings (SSSR count). The number of anilines is 1. The molecule has 1 aliphatic rings. The lowest BCUT2D eigenvalue weighted by molar-refractivity contribution is -0.126. The Balaban J connectivity index is 1.43. The van der Waals surface area contributed by atoms with Gasteiger partial charge in [-0.25, -0.2) is 4.98 Å². The van der Waals surface area contributed by atoms with Crippen molar-refractivity contribution < 1.29 is 4.79 Å². The van der Waals surface area contributed by atoms with Crippen LogP contribution in [0.15, 0.2) is 48.7 Å². The van der Waals surface area contributed by atoms with Gasteiger partial charge < -0.3 is 9.80 Å². The quantitative estimate of drug-likeness (QED) is 0.631. The molecule has 0 saturated carbocycles. The third-order valence-corrected chi connectivity index (χ3v) is 5.69. The summed E-state index contributed by atoms with van der Waals surface area (Å²) in [5.41, 5.74) is 5.36. The number of pyridine rings is 1. The summed E-state index contributed by atoms with van der Waals surface area (Å²) in [6.45, 7) is 7.37. The van der Waals surface area contributed by atoms with Gasteiger partial charge >= 0.3 is 0 Å². The van der Waals surface area contributed by atoms with E-state index in [1.165, 1.54) is 16.8 Å². The maximum atomic E-state index is 12.7. The zero-order valence-electron chi connectivity index (χ0n) is 16.1. The summed E-state index contributed by atoms with van der Waals surface area (Å²) in [6.07, 6.45) is 5.24. The Morgan fingerprint density at radius 3 is 2.64 bits per heavy atom. The van der Waals surface area contributed by atoms with Gasteiger partial charge in [-0.15, -0.1) is 0 Å². The summed E-state index contributed by atoms with van der Waals surface area (Å²) in [7, 11) is 0. The van der Waals surface area contributed by atoms with Crippen LogP contribution in [0.3, 0.4) is 0 Å². The predicted molar refractivity (Wildman–Crippen MR) is 114 cm³/mol. The molecule has 144 valence electrons. The van der Waals surface area contributed by atoms with E-state index in [-0.39, 0.29) is 5.91 Å². The Labute approximate surface area is 169 Å². The minimum Gasteiger partial charge on any atom is -0.368 e. The highest BCUT2D eigenvalue weighted by Crippen LogP contribution is 2.24. The molecule has 0 radical (unpaired) electrons. The minimum absolute atomic E-state index is 0.00237. The van der Waals surface area contributed by atoms with E-state index < -0.39 is 0 Å². The summed E-state index contributed by atoms with van der Waals surface area (Å²) in [5, 5.41) is 0.398. The molecule has 0 spiro atoms. The van der Waals surface area contributed by atoms with Crippen LogP contribution < -0.4 is 4.90 Å². The number of piperazine rings is 1. The lowest BCUT2D eigenvalue weighted by Crippen LogP contribution is -2.48. The average Bonchev–Trinajstić information content (AvgIpc) is 3.03. The highest BCUT2D eigenvalue weighted by molar-refractivity contribution is 6.31. The van der Waals surface area contributed by atoms with Crippen LogP contribution in [-0.4, -0.2) is 46.4 Å². The van der Waals surface area contributed by atoms with Crippen molar-refractivity contribution in [2.45, 2.75) is 13.8 Å². The summed E-state index contributed by atoms with van der Waals surface area (Å²) in [5.74, 6) is 0.00237. The van der Waals surface area contributed by atoms with Crippen LogP contribution >= 0.6 is 11.6 Å². The number of amides is 1. The zero-order valence-corrected chi connectivity index (χ0v) is 16.9. The topological polar surface area (TPSA) is 40.8 Å². The number of aryl methyl sites for hydroxylation is 1. The SMILES string of the molecule is Cc1cccc(N2CCN(C(=O)C=Cc3c(Cl)nc4ccccn34)CC2)c1C. The van der Waals surface area contributed by atoms with Gasteiger partial charge in [0.2, 0.25) is 5.91 Å². The number of halogens is 1. The van der Waals surface area contributed by atoms with E-state index in [1.807, 2.05) is 33.7 Å². The monoisotopic (exact) mass is 394 g/mol. The molecule has 1 aliphatic heterocycles. The molecule has 0 N–H and O–H groups in total. The van der Waals surface area contributed by atoms with Crippen molar-refractivity contribution in [1.29, 1.82) is 0 Å². The molecule has 0 unspecified atom stereocenters. The minimum atomic E-state index is 0.00237. The van der Waals surface area contributed by atoms with Crippen LogP contribution in [0.4, 0.5) is 5.69 Å². The van der Waals surface area contributed by atoms with Gasteiger partial charge in [0.1, 0.15) is 5.65 Å². The Kier molecular flexibility index (Phi) is 5.09. The zero-order chi connectivity index (χ0) is 19.7. The highest BCUT2D eigenvalue weighted by atomic mass is 35.5. The molecule has 3 heterocycles. The summed E-state index contributed by atoms with van der Waals surface area (Å²) >= 11 is 6.24. The molecule has 3 aromatic rings. The van der Waals surface area contributed by atoms with Gasteiger partial charge in [0.05, 0.1) is 5.69 Å². The van der Waals surface area contributed by atoms with E-state index in [4.69, 9.17) is 11.6 Å². The van der Waals surface area contributed by atoms with Crippen LogP contribution in [-0.2, 0) is 4.79 Å². The molecule has 0 atom stereocenters. The van der Waals surface area contributed by atoms with Crippen molar-refractivity contribution in [3.8, 4) is 0 Å². The number of fused-ring (bicyclic) bond motifs is 1. The van der Waals surface area contributed by atoms with Gasteiger partial charge in [-0.2, -0.15) is 0 Å². The Bertz CT molecular complexity index is 1050. The lowest BCUT2D eigenvalue weighted by Gasteiger charge is -2.36. The molecule has 6 heteroatoms. The van der Waals surface area contributed by atoms with Crippen molar-refractivity contribution in [3.63, 3.8) is 0 Å². The fourth-order valence-electron chi connectivity index (χ4n) is 3.64. The van der Waals surface area contributed by atoms with Crippen LogP contribution in [0.5, 0.6) is 0 Å². The van der Waals surface area contributed by atoms with E-state index in [1.54, 1.807) is 12.2 Å². The van der Waals surface area contributed by atoms with E-state index in [9.17, 15) is 4.79 Å². The van der Waals surface area contributed by atoms with Gasteiger partial charge in [0.15, 0.2) is 5.15 Å². The number of nitrogens with zero attached hydrogens (tertiary/aromatic N) is 4. The van der Waals surface area contributed by atoms with Gasteiger partial charge in [0, 0.05) is 44.1 Å². The van der Waals surface area contributed by atoms with Crippen molar-refractivity contribution in [1.82, 2.24) is 14.3 Å². The summed E-state index contributed by atoms with van der Waals surface area (Å²) in [4.78, 5) is 21.2. The average molecular weight is 395 g/mol. The standard InChI is InChI=1S/C22H23ClN4O/c1-16-6-5-7-18(17(16)2)25-12-14-26(15-13-25)21(28)10-9-19-22(23)24-20-8-3-4-11-27(19)20/h3-11H,12-15H2,1-2H3. The molecule has 1 fully saturated rings. The molecule has 1 amide bonds. The normalized spacial score (nSPS) is 15.0. The second kappa shape index (κ2) is 7.68. The second-order valence-electron chi connectivity index (χ2n) is 7.08. The third-order valence-electron chi connectivity index (χ3n) is 5.41. The van der Waals surface area contributed by atoms with E-state index in [0.29, 0.717) is 18.2 Å². The van der Waals surface area contributed by atoms with Crippen molar-refractivity contribution in [2.75, 3.05) is 31.1 Å².